The molecule has 1 atom stereocenters. The van der Waals surface area contributed by atoms with Crippen LogP contribution in [-0.4, -0.2) is 48.5 Å². The van der Waals surface area contributed by atoms with Crippen molar-refractivity contribution in [3.05, 3.63) is 47.7 Å². The van der Waals surface area contributed by atoms with Gasteiger partial charge in [-0.2, -0.15) is 0 Å². The number of amides is 1. The number of benzene rings is 1. The molecule has 2 aromatic heterocycles. The molecule has 0 aliphatic carbocycles. The molecule has 3 aromatic rings. The fourth-order valence-electron chi connectivity index (χ4n) is 4.48. The molecule has 27 heavy (non-hydrogen) atoms. The van der Waals surface area contributed by atoms with Crippen molar-refractivity contribution in [3.63, 3.8) is 0 Å². The highest BCUT2D eigenvalue weighted by Crippen LogP contribution is 2.32. The minimum atomic E-state index is 0.0892. The van der Waals surface area contributed by atoms with Crippen LogP contribution < -0.4 is 0 Å². The number of fused-ring (bicyclic) bond motifs is 2. The normalized spacial score (nSPS) is 20.3. The van der Waals surface area contributed by atoms with E-state index >= 15 is 0 Å². The quantitative estimate of drug-likeness (QED) is 0.775. The van der Waals surface area contributed by atoms with Gasteiger partial charge in [0.15, 0.2) is 5.82 Å². The molecule has 0 saturated carbocycles. The first-order valence-corrected chi connectivity index (χ1v) is 9.66. The molecule has 1 aromatic carbocycles. The Kier molecular flexibility index (Phi) is 3.97. The fraction of sp³-hybridized carbons (Fsp3) is 0.450. The van der Waals surface area contributed by atoms with Gasteiger partial charge in [0.05, 0.1) is 12.6 Å². The van der Waals surface area contributed by atoms with Crippen LogP contribution in [0.2, 0.25) is 0 Å². The molecule has 5 rings (SSSR count). The number of likely N-dealkylation sites (tertiary alicyclic amines) is 1. The first-order chi connectivity index (χ1) is 13.2. The van der Waals surface area contributed by atoms with Crippen LogP contribution >= 0.6 is 0 Å². The Morgan fingerprint density at radius 2 is 2.15 bits per heavy atom. The lowest BCUT2D eigenvalue weighted by Crippen LogP contribution is -2.36. The minimum Gasteiger partial charge on any atom is -0.361 e. The summed E-state index contributed by atoms with van der Waals surface area (Å²) in [5, 5.41) is 10.2. The zero-order valence-electron chi connectivity index (χ0n) is 15.6. The number of nitrogens with zero attached hydrogens (tertiary/aromatic N) is 5. The summed E-state index contributed by atoms with van der Waals surface area (Å²) in [6, 6.07) is 8.78. The van der Waals surface area contributed by atoms with Gasteiger partial charge in [0.25, 0.3) is 0 Å². The van der Waals surface area contributed by atoms with Gasteiger partial charge in [-0.05, 0) is 42.0 Å². The van der Waals surface area contributed by atoms with E-state index in [1.54, 1.807) is 6.92 Å². The molecule has 0 spiro atoms. The third-order valence-electron chi connectivity index (χ3n) is 5.84. The fourth-order valence-corrected chi connectivity index (χ4v) is 4.48. The minimum absolute atomic E-state index is 0.0892. The summed E-state index contributed by atoms with van der Waals surface area (Å²) in [5.41, 5.74) is 2.49. The summed E-state index contributed by atoms with van der Waals surface area (Å²) < 4.78 is 2.23. The van der Waals surface area contributed by atoms with Gasteiger partial charge in [0.2, 0.25) is 5.91 Å². The number of aromatic nitrogens is 4. The van der Waals surface area contributed by atoms with Gasteiger partial charge in [0, 0.05) is 44.8 Å². The van der Waals surface area contributed by atoms with Gasteiger partial charge >= 0.3 is 0 Å². The summed E-state index contributed by atoms with van der Waals surface area (Å²) >= 11 is 0. The number of carbonyl (C=O) groups excluding carboxylic acids is 1. The average molecular weight is 364 g/mol. The lowest BCUT2D eigenvalue weighted by molar-refractivity contribution is -0.129. The van der Waals surface area contributed by atoms with Crippen molar-refractivity contribution in [1.82, 2.24) is 29.5 Å². The predicted octanol–water partition coefficient (Wildman–Crippen LogP) is 2.46. The number of nitrogens with one attached hydrogen (secondary N) is 1. The van der Waals surface area contributed by atoms with Crippen molar-refractivity contribution in [3.8, 4) is 0 Å². The number of aromatic amines is 1. The smallest absolute Gasteiger partial charge is 0.220 e. The zero-order chi connectivity index (χ0) is 18.4. The van der Waals surface area contributed by atoms with Crippen molar-refractivity contribution in [2.24, 2.45) is 0 Å². The monoisotopic (exact) mass is 364 g/mol. The molecule has 140 valence electrons. The molecular formula is C20H24N6O. The molecule has 7 nitrogen and oxygen atoms in total. The molecule has 7 heteroatoms. The molecule has 2 aliphatic rings. The maximum Gasteiger partial charge on any atom is 0.220 e. The number of H-pyrrole nitrogens is 1. The highest BCUT2D eigenvalue weighted by molar-refractivity contribution is 5.79. The Morgan fingerprint density at radius 3 is 3.04 bits per heavy atom. The maximum atomic E-state index is 11.9. The molecule has 0 unspecified atom stereocenters. The van der Waals surface area contributed by atoms with E-state index in [4.69, 9.17) is 0 Å². The number of carbonyl (C=O) groups is 1. The third kappa shape index (κ3) is 2.92. The Morgan fingerprint density at radius 1 is 1.22 bits per heavy atom. The van der Waals surface area contributed by atoms with Gasteiger partial charge < -0.3 is 14.5 Å². The molecule has 2 aliphatic heterocycles. The second-order valence-corrected chi connectivity index (χ2v) is 7.61. The van der Waals surface area contributed by atoms with Gasteiger partial charge in [-0.3, -0.25) is 9.69 Å². The molecule has 0 bridgehead atoms. The maximum absolute atomic E-state index is 11.9. The first-order valence-electron chi connectivity index (χ1n) is 9.66. The Labute approximate surface area is 158 Å². The van der Waals surface area contributed by atoms with E-state index in [1.807, 2.05) is 11.1 Å². The molecule has 1 fully saturated rings. The van der Waals surface area contributed by atoms with E-state index in [0.29, 0.717) is 0 Å². The molecule has 0 radical (unpaired) electrons. The molecular weight excluding hydrogens is 340 g/mol. The first kappa shape index (κ1) is 16.5. The van der Waals surface area contributed by atoms with E-state index < -0.39 is 0 Å². The summed E-state index contributed by atoms with van der Waals surface area (Å²) in [7, 11) is 0. The second-order valence-electron chi connectivity index (χ2n) is 7.61. The lowest BCUT2D eigenvalue weighted by atomic mass is 10.1. The van der Waals surface area contributed by atoms with Crippen molar-refractivity contribution < 1.29 is 4.79 Å². The zero-order valence-corrected chi connectivity index (χ0v) is 15.6. The lowest BCUT2D eigenvalue weighted by Gasteiger charge is -2.29. The van der Waals surface area contributed by atoms with Crippen LogP contribution in [0.25, 0.3) is 10.9 Å². The summed E-state index contributed by atoms with van der Waals surface area (Å²) in [4.78, 5) is 19.5. The van der Waals surface area contributed by atoms with Crippen LogP contribution in [0, 0.1) is 0 Å². The Hall–Kier alpha value is -2.67. The van der Waals surface area contributed by atoms with E-state index in [0.717, 1.165) is 57.2 Å². The van der Waals surface area contributed by atoms with Crippen LogP contribution in [0.15, 0.2) is 30.5 Å². The van der Waals surface area contributed by atoms with Gasteiger partial charge in [-0.25, -0.2) is 0 Å². The van der Waals surface area contributed by atoms with Gasteiger partial charge in [-0.1, -0.05) is 6.07 Å². The third-order valence-corrected chi connectivity index (χ3v) is 5.84. The average Bonchev–Trinajstić information content (AvgIpc) is 3.39. The van der Waals surface area contributed by atoms with Crippen LogP contribution in [0.3, 0.4) is 0 Å². The molecule has 1 saturated heterocycles. The Bertz CT molecular complexity index is 989. The van der Waals surface area contributed by atoms with Crippen LogP contribution in [0.5, 0.6) is 0 Å². The van der Waals surface area contributed by atoms with Gasteiger partial charge in [-0.15, -0.1) is 10.2 Å². The highest BCUT2D eigenvalue weighted by atomic mass is 16.2. The van der Waals surface area contributed by atoms with Crippen molar-refractivity contribution >= 4 is 16.8 Å². The van der Waals surface area contributed by atoms with E-state index in [1.165, 1.54) is 16.5 Å². The SMILES string of the molecule is CC(=O)N1CCC[C@H]1c1nnc2n1CCN(Cc1ccc3[nH]ccc3c1)C2. The number of rotatable bonds is 3. The van der Waals surface area contributed by atoms with Crippen molar-refractivity contribution in [1.29, 1.82) is 0 Å². The van der Waals surface area contributed by atoms with Crippen LogP contribution in [0.1, 0.15) is 43.0 Å². The van der Waals surface area contributed by atoms with E-state index in [2.05, 4.69) is 48.9 Å². The number of hydrogen-bond acceptors (Lipinski definition) is 4. The van der Waals surface area contributed by atoms with Gasteiger partial charge in [0.1, 0.15) is 5.82 Å². The summed E-state index contributed by atoms with van der Waals surface area (Å²) in [6.07, 6.45) is 4.00. The van der Waals surface area contributed by atoms with Crippen molar-refractivity contribution in [2.45, 2.75) is 45.4 Å². The van der Waals surface area contributed by atoms with Crippen molar-refractivity contribution in [2.75, 3.05) is 13.1 Å². The standard InChI is InChI=1S/C20H24N6O/c1-14(27)25-8-2-3-18(25)20-23-22-19-13-24(9-10-26(19)20)12-15-4-5-17-16(11-15)6-7-21-17/h4-7,11,18,21H,2-3,8-10,12-13H2,1H3/t18-/m0/s1. The topological polar surface area (TPSA) is 70.1 Å². The molecule has 4 heterocycles. The highest BCUT2D eigenvalue weighted by Gasteiger charge is 2.33. The molecule has 1 N–H and O–H groups in total. The van der Waals surface area contributed by atoms with Crippen LogP contribution in [0.4, 0.5) is 0 Å². The largest absolute Gasteiger partial charge is 0.361 e. The van der Waals surface area contributed by atoms with E-state index in [-0.39, 0.29) is 11.9 Å². The van der Waals surface area contributed by atoms with Crippen LogP contribution in [-0.2, 0) is 24.4 Å². The second kappa shape index (κ2) is 6.49. The summed E-state index contributed by atoms with van der Waals surface area (Å²) in [5.74, 6) is 2.10. The predicted molar refractivity (Wildman–Crippen MR) is 102 cm³/mol. The molecule has 1 amide bonds. The Balaban J connectivity index is 1.33. The van der Waals surface area contributed by atoms with E-state index in [9.17, 15) is 4.79 Å². The number of hydrogen-bond donors (Lipinski definition) is 1. The summed E-state index contributed by atoms with van der Waals surface area (Å²) in [6.45, 7) is 6.03.